The average Bonchev–Trinajstić information content (AvgIpc) is 2.99. The van der Waals surface area contributed by atoms with Crippen LogP contribution in [0.2, 0.25) is 0 Å². The summed E-state index contributed by atoms with van der Waals surface area (Å²) in [7, 11) is -4.62. The predicted molar refractivity (Wildman–Crippen MR) is 185 cm³/mol. The van der Waals surface area contributed by atoms with Crippen LogP contribution < -0.4 is 0 Å². The monoisotopic (exact) mass is 660 g/mol. The van der Waals surface area contributed by atoms with E-state index in [1.807, 2.05) is 49.5 Å². The van der Waals surface area contributed by atoms with Gasteiger partial charge >= 0.3 is 16.4 Å². The minimum atomic E-state index is -4.62. The average molecular weight is 661 g/mol. The van der Waals surface area contributed by atoms with E-state index < -0.39 is 46.7 Å². The Morgan fingerprint density at radius 3 is 1.74 bits per heavy atom. The highest BCUT2D eigenvalue weighted by Gasteiger charge is 2.26. The second-order valence-corrected chi connectivity index (χ2v) is 12.0. The number of rotatable bonds is 22. The SMILES string of the molecule is C\C(=C/C=C/C=C/CC/C=C/C(C)C(O)C(C)C(O)/C=C/C=C/C=C/C=C/C=C/C=C/CC(OS(=O)(=O)O)C(C)C(C)O)C(=O)O. The molecule has 0 heterocycles. The lowest BCUT2D eigenvalue weighted by Gasteiger charge is -2.25. The van der Waals surface area contributed by atoms with Crippen LogP contribution in [0.1, 0.15) is 53.9 Å². The van der Waals surface area contributed by atoms with E-state index in [0.717, 1.165) is 12.8 Å². The van der Waals surface area contributed by atoms with Gasteiger partial charge in [-0.3, -0.25) is 4.55 Å². The first-order valence-electron chi connectivity index (χ1n) is 15.3. The number of hydrogen-bond acceptors (Lipinski definition) is 7. The van der Waals surface area contributed by atoms with Gasteiger partial charge in [0.25, 0.3) is 0 Å². The summed E-state index contributed by atoms with van der Waals surface area (Å²) < 4.78 is 35.7. The van der Waals surface area contributed by atoms with Gasteiger partial charge in [-0.2, -0.15) is 8.42 Å². The fraction of sp³-hybridized carbons (Fsp3) is 0.417. The Kier molecular flexibility index (Phi) is 23.0. The largest absolute Gasteiger partial charge is 0.478 e. The highest BCUT2D eigenvalue weighted by atomic mass is 32.3. The number of aliphatic carboxylic acids is 1. The van der Waals surface area contributed by atoms with E-state index in [0.29, 0.717) is 0 Å². The topological polar surface area (TPSA) is 162 Å². The molecule has 0 aromatic rings. The van der Waals surface area contributed by atoms with E-state index in [1.54, 1.807) is 80.7 Å². The number of hydrogen-bond donors (Lipinski definition) is 5. The zero-order chi connectivity index (χ0) is 35.0. The standard InChI is InChI=1S/C36H52O9S/c1-28(24-20-16-12-11-13-17-21-25-29(2)36(40)41)35(39)31(4)33(38)26-22-18-14-9-7-6-8-10-15-19-23-27-34(30(3)32(5)37)45-46(42,43)44/h6-11,13-15,17-26,28,30-35,37-39H,12,16,27H2,1-5H3,(H,40,41)(H,42,43,44)/b8-6+,9-7+,13-11+,15-10+,18-14+,21-17+,23-19+,24-20+,26-22+,29-25+. The third kappa shape index (κ3) is 22.2. The first kappa shape index (κ1) is 42.6. The fourth-order valence-corrected chi connectivity index (χ4v) is 4.34. The highest BCUT2D eigenvalue weighted by Crippen LogP contribution is 2.20. The summed E-state index contributed by atoms with van der Waals surface area (Å²) in [6.45, 7) is 8.41. The molecule has 0 radical (unpaired) electrons. The molecule has 0 rings (SSSR count). The minimum Gasteiger partial charge on any atom is -0.478 e. The van der Waals surface area contributed by atoms with Crippen LogP contribution >= 0.6 is 0 Å². The third-order valence-electron chi connectivity index (χ3n) is 7.00. The molecular weight excluding hydrogens is 608 g/mol. The summed E-state index contributed by atoms with van der Waals surface area (Å²) in [4.78, 5) is 10.7. The second kappa shape index (κ2) is 24.8. The summed E-state index contributed by atoms with van der Waals surface area (Å²) in [5, 5.41) is 39.6. The molecule has 7 atom stereocenters. The lowest BCUT2D eigenvalue weighted by Crippen LogP contribution is -2.32. The van der Waals surface area contributed by atoms with Gasteiger partial charge in [0.15, 0.2) is 0 Å². The number of aliphatic hydroxyl groups excluding tert-OH is 3. The van der Waals surface area contributed by atoms with Gasteiger partial charge in [-0.05, 0) is 33.1 Å². The Hall–Kier alpha value is -3.38. The van der Waals surface area contributed by atoms with E-state index in [2.05, 4.69) is 4.18 Å². The van der Waals surface area contributed by atoms with Gasteiger partial charge < -0.3 is 20.4 Å². The van der Waals surface area contributed by atoms with Gasteiger partial charge in [0, 0.05) is 23.3 Å². The molecule has 0 saturated heterocycles. The molecular formula is C36H52O9S. The third-order valence-corrected chi connectivity index (χ3v) is 7.49. The molecule has 46 heavy (non-hydrogen) atoms. The zero-order valence-electron chi connectivity index (χ0n) is 27.4. The van der Waals surface area contributed by atoms with E-state index in [4.69, 9.17) is 9.66 Å². The van der Waals surface area contributed by atoms with E-state index >= 15 is 0 Å². The summed E-state index contributed by atoms with van der Waals surface area (Å²) >= 11 is 0. The number of carboxylic acids is 1. The molecule has 10 heteroatoms. The highest BCUT2D eigenvalue weighted by molar-refractivity contribution is 7.80. The van der Waals surface area contributed by atoms with Crippen molar-refractivity contribution in [2.24, 2.45) is 17.8 Å². The Labute approximate surface area is 275 Å². The number of carbonyl (C=O) groups is 1. The van der Waals surface area contributed by atoms with Crippen LogP contribution in [0.15, 0.2) is 121 Å². The van der Waals surface area contributed by atoms with E-state index in [-0.39, 0.29) is 23.8 Å². The molecule has 0 fully saturated rings. The van der Waals surface area contributed by atoms with Crippen molar-refractivity contribution in [3.8, 4) is 0 Å². The van der Waals surface area contributed by atoms with Crippen molar-refractivity contribution in [2.75, 3.05) is 0 Å². The zero-order valence-corrected chi connectivity index (χ0v) is 28.2. The van der Waals surface area contributed by atoms with Crippen LogP contribution in [0.3, 0.4) is 0 Å². The van der Waals surface area contributed by atoms with Crippen molar-refractivity contribution in [1.29, 1.82) is 0 Å². The van der Waals surface area contributed by atoms with E-state index in [9.17, 15) is 28.5 Å². The Morgan fingerprint density at radius 1 is 0.696 bits per heavy atom. The van der Waals surface area contributed by atoms with Gasteiger partial charge in [0.05, 0.1) is 24.4 Å². The van der Waals surface area contributed by atoms with Gasteiger partial charge in [0.1, 0.15) is 0 Å². The fourth-order valence-electron chi connectivity index (χ4n) is 3.77. The van der Waals surface area contributed by atoms with Gasteiger partial charge in [0.2, 0.25) is 0 Å². The van der Waals surface area contributed by atoms with Gasteiger partial charge in [-0.1, -0.05) is 136 Å². The molecule has 0 aliphatic heterocycles. The Morgan fingerprint density at radius 2 is 1.20 bits per heavy atom. The van der Waals surface area contributed by atoms with Crippen molar-refractivity contribution in [3.63, 3.8) is 0 Å². The minimum absolute atomic E-state index is 0.129. The Balaban J connectivity index is 4.53. The normalized spacial score (nSPS) is 18.8. The van der Waals surface area contributed by atoms with Crippen molar-refractivity contribution < 1.29 is 42.4 Å². The van der Waals surface area contributed by atoms with Crippen molar-refractivity contribution in [2.45, 2.75) is 78.3 Å². The number of carboxylic acid groups (broad SMARTS) is 1. The number of allylic oxidation sites excluding steroid dienone is 16. The quantitative estimate of drug-likeness (QED) is 0.0291. The molecule has 0 aromatic heterocycles. The first-order valence-corrected chi connectivity index (χ1v) is 16.6. The molecule has 256 valence electrons. The van der Waals surface area contributed by atoms with Crippen molar-refractivity contribution in [3.05, 3.63) is 121 Å². The van der Waals surface area contributed by atoms with E-state index in [1.165, 1.54) is 19.9 Å². The summed E-state index contributed by atoms with van der Waals surface area (Å²) in [5.41, 5.74) is 0.273. The van der Waals surface area contributed by atoms with Crippen LogP contribution in [0.5, 0.6) is 0 Å². The summed E-state index contributed by atoms with van der Waals surface area (Å²) in [6, 6.07) is 0. The van der Waals surface area contributed by atoms with Crippen LogP contribution in [0, 0.1) is 17.8 Å². The van der Waals surface area contributed by atoms with Crippen LogP contribution in [-0.2, 0) is 19.4 Å². The molecule has 0 amide bonds. The maximum atomic E-state index is 11.0. The maximum Gasteiger partial charge on any atom is 0.397 e. The molecule has 7 unspecified atom stereocenters. The lowest BCUT2D eigenvalue weighted by atomic mass is 9.88. The molecule has 0 bridgehead atoms. The van der Waals surface area contributed by atoms with Crippen LogP contribution in [0.25, 0.3) is 0 Å². The van der Waals surface area contributed by atoms with Crippen LogP contribution in [-0.4, -0.2) is 63.8 Å². The second-order valence-electron chi connectivity index (χ2n) is 10.9. The molecule has 0 aromatic carbocycles. The van der Waals surface area contributed by atoms with Crippen LogP contribution in [0.4, 0.5) is 0 Å². The predicted octanol–water partition coefficient (Wildman–Crippen LogP) is 6.39. The molecule has 0 aliphatic carbocycles. The molecule has 9 nitrogen and oxygen atoms in total. The summed E-state index contributed by atoms with van der Waals surface area (Å²) in [6.07, 6.45) is 32.5. The Bertz CT molecular complexity index is 1280. The number of unbranched alkanes of at least 4 members (excludes halogenated alkanes) is 1. The molecule has 5 N–H and O–H groups in total. The van der Waals surface area contributed by atoms with Gasteiger partial charge in [-0.15, -0.1) is 0 Å². The lowest BCUT2D eigenvalue weighted by molar-refractivity contribution is -0.132. The molecule has 0 aliphatic rings. The van der Waals surface area contributed by atoms with Crippen molar-refractivity contribution >= 4 is 16.4 Å². The number of aliphatic hydroxyl groups is 3. The summed E-state index contributed by atoms with van der Waals surface area (Å²) in [5.74, 6) is -1.93. The molecule has 0 spiro atoms. The maximum absolute atomic E-state index is 11.0. The smallest absolute Gasteiger partial charge is 0.397 e. The van der Waals surface area contributed by atoms with Crippen molar-refractivity contribution in [1.82, 2.24) is 0 Å². The first-order chi connectivity index (χ1) is 21.7. The van der Waals surface area contributed by atoms with Gasteiger partial charge in [-0.25, -0.2) is 8.98 Å². The molecule has 0 saturated carbocycles.